The van der Waals surface area contributed by atoms with Crippen molar-refractivity contribution in [2.75, 3.05) is 0 Å². The molecule has 68 valence electrons. The first-order valence-electron chi connectivity index (χ1n) is 3.50. The van der Waals surface area contributed by atoms with Crippen LogP contribution in [0.1, 0.15) is 6.92 Å². The summed E-state index contributed by atoms with van der Waals surface area (Å²) in [5.74, 6) is -3.41. The largest absolute Gasteiger partial charge is 0.301 e. The molecule has 0 heterocycles. The van der Waals surface area contributed by atoms with Crippen molar-refractivity contribution in [1.82, 2.24) is 0 Å². The monoisotopic (exact) mass is 196 g/mol. The van der Waals surface area contributed by atoms with Crippen molar-refractivity contribution in [2.24, 2.45) is 0 Å². The van der Waals surface area contributed by atoms with Crippen molar-refractivity contribution in [2.45, 2.75) is 24.4 Å². The average molecular weight is 197 g/mol. The molecule has 0 nitrogen and oxygen atoms in total. The van der Waals surface area contributed by atoms with Crippen LogP contribution in [0.15, 0.2) is 23.8 Å². The number of hydrogen-bond donors (Lipinski definition) is 0. The fraction of sp³-hybridized carbons (Fsp3) is 0.500. The Labute approximate surface area is 73.7 Å². The Morgan fingerprint density at radius 1 is 1.58 bits per heavy atom. The van der Waals surface area contributed by atoms with E-state index >= 15 is 0 Å². The van der Waals surface area contributed by atoms with Crippen LogP contribution >= 0.6 is 11.6 Å². The van der Waals surface area contributed by atoms with E-state index in [1.165, 1.54) is 13.0 Å². The lowest BCUT2D eigenvalue weighted by Gasteiger charge is -2.23. The highest BCUT2D eigenvalue weighted by Crippen LogP contribution is 2.34. The van der Waals surface area contributed by atoms with Gasteiger partial charge >= 0.3 is 5.92 Å². The summed E-state index contributed by atoms with van der Waals surface area (Å²) >= 11 is 5.50. The van der Waals surface area contributed by atoms with Crippen molar-refractivity contribution in [3.8, 4) is 0 Å². The standard InChI is InChI=1S/C8H8ClF3/c1-5(9)6-3-2-4-8(11,12)7(6)10/h2-5,7H,1H3. The Bertz CT molecular complexity index is 230. The molecule has 2 unspecified atom stereocenters. The first-order valence-corrected chi connectivity index (χ1v) is 3.94. The van der Waals surface area contributed by atoms with E-state index in [4.69, 9.17) is 11.6 Å². The number of rotatable bonds is 1. The molecule has 0 aliphatic heterocycles. The van der Waals surface area contributed by atoms with Crippen molar-refractivity contribution in [3.63, 3.8) is 0 Å². The molecular weight excluding hydrogens is 189 g/mol. The van der Waals surface area contributed by atoms with Gasteiger partial charge in [0, 0.05) is 0 Å². The summed E-state index contributed by atoms with van der Waals surface area (Å²) in [6, 6.07) is 0. The first-order chi connectivity index (χ1) is 5.45. The summed E-state index contributed by atoms with van der Waals surface area (Å²) in [4.78, 5) is 0. The number of alkyl halides is 4. The fourth-order valence-corrected chi connectivity index (χ4v) is 1.20. The maximum atomic E-state index is 12.9. The quantitative estimate of drug-likeness (QED) is 0.566. The molecule has 1 aliphatic rings. The molecule has 0 saturated carbocycles. The van der Waals surface area contributed by atoms with Gasteiger partial charge in [-0.05, 0) is 18.6 Å². The van der Waals surface area contributed by atoms with Crippen LogP contribution in [0, 0.1) is 0 Å². The van der Waals surface area contributed by atoms with Gasteiger partial charge in [-0.25, -0.2) is 4.39 Å². The fourth-order valence-electron chi connectivity index (χ4n) is 1.01. The minimum atomic E-state index is -3.41. The third-order valence-corrected chi connectivity index (χ3v) is 1.95. The second-order valence-electron chi connectivity index (χ2n) is 2.68. The van der Waals surface area contributed by atoms with Gasteiger partial charge in [-0.15, -0.1) is 11.6 Å². The SMILES string of the molecule is CC(Cl)C1=CC=CC(F)(F)C1F. The van der Waals surface area contributed by atoms with Gasteiger partial charge in [0.2, 0.25) is 0 Å². The van der Waals surface area contributed by atoms with Gasteiger partial charge in [-0.2, -0.15) is 8.78 Å². The third kappa shape index (κ3) is 1.66. The van der Waals surface area contributed by atoms with Crippen molar-refractivity contribution >= 4 is 11.6 Å². The Balaban J connectivity index is 2.91. The predicted octanol–water partition coefficient (Wildman–Crippen LogP) is 3.08. The van der Waals surface area contributed by atoms with E-state index in [0.717, 1.165) is 6.08 Å². The topological polar surface area (TPSA) is 0 Å². The van der Waals surface area contributed by atoms with E-state index in [0.29, 0.717) is 6.08 Å². The molecule has 2 atom stereocenters. The number of halogens is 4. The summed E-state index contributed by atoms with van der Waals surface area (Å²) < 4.78 is 38.2. The lowest BCUT2D eigenvalue weighted by atomic mass is 9.97. The highest BCUT2D eigenvalue weighted by molar-refractivity contribution is 6.22. The molecule has 1 rings (SSSR count). The molecular formula is C8H8ClF3. The van der Waals surface area contributed by atoms with Crippen LogP contribution in [0.3, 0.4) is 0 Å². The second kappa shape index (κ2) is 3.13. The molecule has 1 aliphatic carbocycles. The highest BCUT2D eigenvalue weighted by Gasteiger charge is 2.42. The molecule has 0 spiro atoms. The van der Waals surface area contributed by atoms with Crippen LogP contribution in [-0.2, 0) is 0 Å². The zero-order valence-electron chi connectivity index (χ0n) is 6.40. The Morgan fingerprint density at radius 2 is 2.17 bits per heavy atom. The average Bonchev–Trinajstić information content (AvgIpc) is 1.94. The molecule has 0 aromatic rings. The van der Waals surface area contributed by atoms with E-state index < -0.39 is 17.5 Å². The van der Waals surface area contributed by atoms with Crippen LogP contribution in [0.5, 0.6) is 0 Å². The van der Waals surface area contributed by atoms with Gasteiger partial charge in [0.1, 0.15) is 0 Å². The van der Waals surface area contributed by atoms with Gasteiger partial charge in [-0.1, -0.05) is 12.2 Å². The summed E-state index contributed by atoms with van der Waals surface area (Å²) in [6.45, 7) is 1.47. The molecule has 0 amide bonds. The zero-order valence-corrected chi connectivity index (χ0v) is 7.15. The van der Waals surface area contributed by atoms with Gasteiger partial charge in [-0.3, -0.25) is 0 Å². The molecule has 0 radical (unpaired) electrons. The summed E-state index contributed by atoms with van der Waals surface area (Å²) in [6.07, 6.45) is 0.680. The molecule has 0 saturated heterocycles. The Hall–Kier alpha value is -0.440. The first kappa shape index (κ1) is 9.65. The van der Waals surface area contributed by atoms with Crippen LogP contribution in [0.25, 0.3) is 0 Å². The maximum Gasteiger partial charge on any atom is 0.301 e. The van der Waals surface area contributed by atoms with Crippen molar-refractivity contribution < 1.29 is 13.2 Å². The summed E-state index contributed by atoms with van der Waals surface area (Å²) in [5, 5.41) is -0.698. The molecule has 0 bridgehead atoms. The van der Waals surface area contributed by atoms with Gasteiger partial charge in [0.05, 0.1) is 5.38 Å². The van der Waals surface area contributed by atoms with E-state index in [2.05, 4.69) is 0 Å². The molecule has 4 heteroatoms. The molecule has 0 aromatic carbocycles. The van der Waals surface area contributed by atoms with E-state index in [9.17, 15) is 13.2 Å². The predicted molar refractivity (Wildman–Crippen MR) is 42.4 cm³/mol. The van der Waals surface area contributed by atoms with Crippen molar-refractivity contribution in [1.29, 1.82) is 0 Å². The number of hydrogen-bond acceptors (Lipinski definition) is 0. The zero-order chi connectivity index (χ0) is 9.35. The van der Waals surface area contributed by atoms with Gasteiger partial charge in [0.15, 0.2) is 6.17 Å². The summed E-state index contributed by atoms with van der Waals surface area (Å²) in [5.41, 5.74) is -0.0656. The third-order valence-electron chi connectivity index (χ3n) is 1.70. The van der Waals surface area contributed by atoms with Crippen molar-refractivity contribution in [3.05, 3.63) is 23.8 Å². The molecule has 0 aromatic heterocycles. The summed E-state index contributed by atoms with van der Waals surface area (Å²) in [7, 11) is 0. The maximum absolute atomic E-state index is 12.9. The molecule has 0 N–H and O–H groups in total. The highest BCUT2D eigenvalue weighted by atomic mass is 35.5. The minimum absolute atomic E-state index is 0.0656. The van der Waals surface area contributed by atoms with E-state index in [1.807, 2.05) is 0 Å². The van der Waals surface area contributed by atoms with Crippen LogP contribution in [0.4, 0.5) is 13.2 Å². The Kier molecular flexibility index (Phi) is 2.52. The minimum Gasteiger partial charge on any atom is -0.235 e. The van der Waals surface area contributed by atoms with Gasteiger partial charge in [0.25, 0.3) is 0 Å². The van der Waals surface area contributed by atoms with E-state index in [1.54, 1.807) is 0 Å². The molecule has 0 fully saturated rings. The van der Waals surface area contributed by atoms with Crippen LogP contribution < -0.4 is 0 Å². The lowest BCUT2D eigenvalue weighted by molar-refractivity contribution is -0.0134. The Morgan fingerprint density at radius 3 is 2.58 bits per heavy atom. The van der Waals surface area contributed by atoms with Crippen LogP contribution in [0.2, 0.25) is 0 Å². The smallest absolute Gasteiger partial charge is 0.235 e. The van der Waals surface area contributed by atoms with Gasteiger partial charge < -0.3 is 0 Å². The second-order valence-corrected chi connectivity index (χ2v) is 3.33. The van der Waals surface area contributed by atoms with E-state index in [-0.39, 0.29) is 5.57 Å². The lowest BCUT2D eigenvalue weighted by Crippen LogP contribution is -2.33. The number of allylic oxidation sites excluding steroid dienone is 4. The normalized spacial score (nSPS) is 29.8. The molecule has 12 heavy (non-hydrogen) atoms. The van der Waals surface area contributed by atoms with Crippen LogP contribution in [-0.4, -0.2) is 17.5 Å².